The van der Waals surface area contributed by atoms with E-state index in [4.69, 9.17) is 9.84 Å². The number of benzene rings is 1. The molecule has 1 aromatic rings. The van der Waals surface area contributed by atoms with Crippen molar-refractivity contribution >= 4 is 11.9 Å². The lowest BCUT2D eigenvalue weighted by molar-refractivity contribution is -0.141. The maximum absolute atomic E-state index is 12.1. The van der Waals surface area contributed by atoms with Gasteiger partial charge in [0.1, 0.15) is 5.75 Å². The van der Waals surface area contributed by atoms with Gasteiger partial charge in [-0.15, -0.1) is 0 Å². The quantitative estimate of drug-likeness (QED) is 0.866. The molecule has 19 heavy (non-hydrogen) atoms. The van der Waals surface area contributed by atoms with Crippen LogP contribution in [0.2, 0.25) is 0 Å². The summed E-state index contributed by atoms with van der Waals surface area (Å²) in [7, 11) is 1.52. The average molecular weight is 263 g/mol. The average Bonchev–Trinajstić information content (AvgIpc) is 2.87. The van der Waals surface area contributed by atoms with E-state index < -0.39 is 5.97 Å². The predicted octanol–water partition coefficient (Wildman–Crippen LogP) is 1.68. The molecule has 2 rings (SSSR count). The van der Waals surface area contributed by atoms with Crippen molar-refractivity contribution in [3.8, 4) is 5.75 Å². The molecule has 0 aliphatic heterocycles. The van der Waals surface area contributed by atoms with E-state index in [9.17, 15) is 9.59 Å². The molecule has 0 radical (unpaired) electrons. The van der Waals surface area contributed by atoms with Crippen LogP contribution in [0.3, 0.4) is 0 Å². The first-order valence-corrected chi connectivity index (χ1v) is 6.28. The van der Waals surface area contributed by atoms with Crippen molar-refractivity contribution in [1.82, 2.24) is 5.32 Å². The second-order valence-electron chi connectivity index (χ2n) is 4.72. The number of amides is 1. The van der Waals surface area contributed by atoms with Gasteiger partial charge in [0.25, 0.3) is 5.91 Å². The fourth-order valence-corrected chi connectivity index (χ4v) is 2.43. The number of para-hydroxylation sites is 1. The molecule has 1 amide bonds. The first-order chi connectivity index (χ1) is 9.11. The number of hydrogen-bond acceptors (Lipinski definition) is 3. The van der Waals surface area contributed by atoms with Crippen LogP contribution in [0.15, 0.2) is 24.3 Å². The van der Waals surface area contributed by atoms with Crippen LogP contribution in [0.1, 0.15) is 29.6 Å². The molecule has 2 atom stereocenters. The first-order valence-electron chi connectivity index (χ1n) is 6.28. The number of hydrogen-bond donors (Lipinski definition) is 2. The van der Waals surface area contributed by atoms with Crippen molar-refractivity contribution in [3.63, 3.8) is 0 Å². The van der Waals surface area contributed by atoms with E-state index >= 15 is 0 Å². The Morgan fingerprint density at radius 2 is 2.05 bits per heavy atom. The Balaban J connectivity index is 2.00. The zero-order valence-corrected chi connectivity index (χ0v) is 10.8. The third-order valence-corrected chi connectivity index (χ3v) is 3.47. The van der Waals surface area contributed by atoms with E-state index in [2.05, 4.69) is 5.32 Å². The Hall–Kier alpha value is -2.04. The summed E-state index contributed by atoms with van der Waals surface area (Å²) >= 11 is 0. The van der Waals surface area contributed by atoms with Crippen LogP contribution in [0.25, 0.3) is 0 Å². The van der Waals surface area contributed by atoms with Gasteiger partial charge in [0.15, 0.2) is 0 Å². The van der Waals surface area contributed by atoms with E-state index in [0.29, 0.717) is 30.6 Å². The summed E-state index contributed by atoms with van der Waals surface area (Å²) in [5.41, 5.74) is 0.476. The van der Waals surface area contributed by atoms with Gasteiger partial charge in [-0.05, 0) is 31.4 Å². The second kappa shape index (κ2) is 5.73. The van der Waals surface area contributed by atoms with Crippen LogP contribution in [0, 0.1) is 5.92 Å². The van der Waals surface area contributed by atoms with Gasteiger partial charge in [0.2, 0.25) is 0 Å². The highest BCUT2D eigenvalue weighted by atomic mass is 16.5. The van der Waals surface area contributed by atoms with Gasteiger partial charge in [-0.1, -0.05) is 12.1 Å². The number of ether oxygens (including phenoxy) is 1. The Labute approximate surface area is 111 Å². The van der Waals surface area contributed by atoms with Crippen LogP contribution < -0.4 is 10.1 Å². The van der Waals surface area contributed by atoms with Crippen molar-refractivity contribution < 1.29 is 19.4 Å². The number of methoxy groups -OCH3 is 1. The maximum atomic E-state index is 12.1. The van der Waals surface area contributed by atoms with Crippen LogP contribution in [0.5, 0.6) is 5.75 Å². The van der Waals surface area contributed by atoms with E-state index in [1.54, 1.807) is 24.3 Å². The lowest BCUT2D eigenvalue weighted by Gasteiger charge is -2.14. The molecule has 2 unspecified atom stereocenters. The Kier molecular flexibility index (Phi) is 4.04. The van der Waals surface area contributed by atoms with E-state index in [-0.39, 0.29) is 17.9 Å². The number of rotatable bonds is 4. The molecular weight excluding hydrogens is 246 g/mol. The lowest BCUT2D eigenvalue weighted by Crippen LogP contribution is -2.33. The standard InChI is InChI=1S/C14H17NO4/c1-19-12-5-3-2-4-11(12)13(16)15-10-7-6-9(8-10)14(17)18/h2-5,9-10H,6-8H2,1H3,(H,15,16)(H,17,18). The molecule has 2 N–H and O–H groups in total. The van der Waals surface area contributed by atoms with Crippen LogP contribution >= 0.6 is 0 Å². The predicted molar refractivity (Wildman–Crippen MR) is 69.2 cm³/mol. The molecule has 5 nitrogen and oxygen atoms in total. The summed E-state index contributed by atoms with van der Waals surface area (Å²) in [4.78, 5) is 23.0. The maximum Gasteiger partial charge on any atom is 0.306 e. The molecule has 0 spiro atoms. The molecule has 0 heterocycles. The van der Waals surface area contributed by atoms with Gasteiger partial charge >= 0.3 is 5.97 Å². The number of carbonyl (C=O) groups excluding carboxylic acids is 1. The van der Waals surface area contributed by atoms with Gasteiger partial charge in [0.05, 0.1) is 18.6 Å². The summed E-state index contributed by atoms with van der Waals surface area (Å²) < 4.78 is 5.14. The molecule has 102 valence electrons. The van der Waals surface area contributed by atoms with Gasteiger partial charge in [0, 0.05) is 6.04 Å². The monoisotopic (exact) mass is 263 g/mol. The summed E-state index contributed by atoms with van der Waals surface area (Å²) in [6.07, 6.45) is 1.82. The summed E-state index contributed by atoms with van der Waals surface area (Å²) in [5, 5.41) is 11.8. The fourth-order valence-electron chi connectivity index (χ4n) is 2.43. The summed E-state index contributed by atoms with van der Waals surface area (Å²) in [6.45, 7) is 0. The Bertz CT molecular complexity index is 486. The molecule has 1 saturated carbocycles. The normalized spacial score (nSPS) is 21.9. The molecule has 1 aliphatic rings. The smallest absolute Gasteiger partial charge is 0.306 e. The number of aliphatic carboxylic acids is 1. The van der Waals surface area contributed by atoms with Gasteiger partial charge in [-0.25, -0.2) is 0 Å². The second-order valence-corrected chi connectivity index (χ2v) is 4.72. The lowest BCUT2D eigenvalue weighted by atomic mass is 10.1. The minimum Gasteiger partial charge on any atom is -0.496 e. The van der Waals surface area contributed by atoms with Crippen LogP contribution in [-0.4, -0.2) is 30.1 Å². The first kappa shape index (κ1) is 13.4. The van der Waals surface area contributed by atoms with Crippen LogP contribution in [-0.2, 0) is 4.79 Å². The molecule has 1 aliphatic carbocycles. The highest BCUT2D eigenvalue weighted by Gasteiger charge is 2.30. The van der Waals surface area contributed by atoms with E-state index in [1.165, 1.54) is 7.11 Å². The third-order valence-electron chi connectivity index (χ3n) is 3.47. The SMILES string of the molecule is COc1ccccc1C(=O)NC1CCC(C(=O)O)C1. The largest absolute Gasteiger partial charge is 0.496 e. The highest BCUT2D eigenvalue weighted by Crippen LogP contribution is 2.26. The molecule has 5 heteroatoms. The molecule has 0 aromatic heterocycles. The molecule has 1 fully saturated rings. The summed E-state index contributed by atoms with van der Waals surface area (Å²) in [6, 6.07) is 6.91. The van der Waals surface area contributed by atoms with Crippen LogP contribution in [0.4, 0.5) is 0 Å². The zero-order valence-electron chi connectivity index (χ0n) is 10.8. The van der Waals surface area contributed by atoms with Crippen molar-refractivity contribution in [2.75, 3.05) is 7.11 Å². The number of carbonyl (C=O) groups is 2. The van der Waals surface area contributed by atoms with Gasteiger partial charge < -0.3 is 15.2 Å². The van der Waals surface area contributed by atoms with Gasteiger partial charge in [-0.3, -0.25) is 9.59 Å². The number of carboxylic acids is 1. The fraction of sp³-hybridized carbons (Fsp3) is 0.429. The van der Waals surface area contributed by atoms with E-state index in [1.807, 2.05) is 0 Å². The molecule has 0 bridgehead atoms. The Morgan fingerprint density at radius 3 is 2.68 bits per heavy atom. The number of carboxylic acid groups (broad SMARTS) is 1. The minimum atomic E-state index is -0.783. The molecule has 1 aromatic carbocycles. The third kappa shape index (κ3) is 3.05. The molecule has 0 saturated heterocycles. The number of nitrogens with one attached hydrogen (secondary N) is 1. The Morgan fingerprint density at radius 1 is 1.32 bits per heavy atom. The molecular formula is C14H17NO4. The van der Waals surface area contributed by atoms with Crippen molar-refractivity contribution in [2.24, 2.45) is 5.92 Å². The van der Waals surface area contributed by atoms with E-state index in [0.717, 1.165) is 0 Å². The van der Waals surface area contributed by atoms with Gasteiger partial charge in [-0.2, -0.15) is 0 Å². The zero-order chi connectivity index (χ0) is 13.8. The van der Waals surface area contributed by atoms with Crippen molar-refractivity contribution in [1.29, 1.82) is 0 Å². The van der Waals surface area contributed by atoms with Crippen molar-refractivity contribution in [3.05, 3.63) is 29.8 Å². The minimum absolute atomic E-state index is 0.0708. The highest BCUT2D eigenvalue weighted by molar-refractivity contribution is 5.97. The van der Waals surface area contributed by atoms with Crippen molar-refractivity contribution in [2.45, 2.75) is 25.3 Å². The topological polar surface area (TPSA) is 75.6 Å². The summed E-state index contributed by atoms with van der Waals surface area (Å²) in [5.74, 6) is -0.821.